The minimum Gasteiger partial charge on any atom is -0.748 e. The van der Waals surface area contributed by atoms with Gasteiger partial charge in [0.05, 0.1) is 53.3 Å². The van der Waals surface area contributed by atoms with Gasteiger partial charge in [-0.1, -0.05) is 33.3 Å². The first-order chi connectivity index (χ1) is 33.3. The highest BCUT2D eigenvalue weighted by molar-refractivity contribution is 7.86. The molecule has 1 aromatic rings. The predicted molar refractivity (Wildman–Crippen MR) is 261 cm³/mol. The fourth-order valence-electron chi connectivity index (χ4n) is 8.59. The van der Waals surface area contributed by atoms with Crippen LogP contribution in [0, 0.1) is 0 Å². The lowest BCUT2D eigenvalue weighted by Crippen LogP contribution is -2.35. The Morgan fingerprint density at radius 2 is 1.55 bits per heavy atom. The number of nitrogens with zero attached hydrogens (tertiary/aromatic N) is 3. The maximum absolute atomic E-state index is 12.5. The third-order valence-corrected chi connectivity index (χ3v) is 14.6. The Morgan fingerprint density at radius 1 is 0.859 bits per heavy atom. The first-order valence-corrected chi connectivity index (χ1v) is 28.0. The van der Waals surface area contributed by atoms with Gasteiger partial charge < -0.3 is 32.9 Å². The molecule has 2 N–H and O–H groups in total. The number of allylic oxidation sites excluding steroid dienone is 3. The zero-order valence-electron chi connectivity index (χ0n) is 40.8. The van der Waals surface area contributed by atoms with Crippen LogP contribution in [0.5, 0.6) is 0 Å². The molecular weight excluding hydrogens is 987 g/mol. The fourth-order valence-corrected chi connectivity index (χ4v) is 10.1. The number of imide groups is 1. The highest BCUT2D eigenvalue weighted by atomic mass is 32.2. The number of hydrogen-bond acceptors (Lipinski definition) is 16. The number of ether oxygens (including phenoxy) is 3. The van der Waals surface area contributed by atoms with Gasteiger partial charge in [0.25, 0.3) is 32.1 Å². The number of benzene rings is 2. The van der Waals surface area contributed by atoms with E-state index in [1.165, 1.54) is 12.1 Å². The van der Waals surface area contributed by atoms with E-state index in [0.29, 0.717) is 104 Å². The van der Waals surface area contributed by atoms with Crippen LogP contribution in [-0.4, -0.2) is 133 Å². The van der Waals surface area contributed by atoms with Crippen molar-refractivity contribution in [3.8, 4) is 11.3 Å². The summed E-state index contributed by atoms with van der Waals surface area (Å²) in [6.07, 6.45) is 6.64. The van der Waals surface area contributed by atoms with Crippen molar-refractivity contribution >= 4 is 59.9 Å². The summed E-state index contributed by atoms with van der Waals surface area (Å²) in [7, 11) is -11.9. The van der Waals surface area contributed by atoms with Gasteiger partial charge in [-0.3, -0.25) is 18.7 Å². The Morgan fingerprint density at radius 3 is 2.20 bits per heavy atom. The molecule has 1 fully saturated rings. The summed E-state index contributed by atoms with van der Waals surface area (Å²) in [6.45, 7) is 10.8. The molecule has 20 nitrogen and oxygen atoms in total. The molecule has 1 saturated heterocycles. The van der Waals surface area contributed by atoms with Crippen molar-refractivity contribution in [2.75, 3.05) is 76.2 Å². The number of hydroxylamine groups is 2. The van der Waals surface area contributed by atoms with Crippen LogP contribution in [0.2, 0.25) is 0 Å². The number of rotatable bonds is 27. The van der Waals surface area contributed by atoms with E-state index in [2.05, 4.69) is 20.8 Å². The SMILES string of the molecule is COCCOCCOCC[N+](CCCS(=O)(=O)O)=c1ccc2c(C(C)(C)C)cc(/C=C/C=C3/N(CCCCCC(=O)ON4C(=O)CCC4=O)c4ccc(S(=O)(=O)O)cc4C3(C)CCCS(=O)(=O)[O-])oc-2c1. The third kappa shape index (κ3) is 16.6. The first kappa shape index (κ1) is 57.1. The normalized spacial score (nSPS) is 17.8. The molecule has 0 aromatic heterocycles. The second-order valence-corrected chi connectivity index (χ2v) is 23.1. The Balaban J connectivity index is 1.51. The van der Waals surface area contributed by atoms with Crippen molar-refractivity contribution in [2.24, 2.45) is 0 Å². The lowest BCUT2D eigenvalue weighted by molar-refractivity contribution is -0.197. The van der Waals surface area contributed by atoms with Gasteiger partial charge in [0.1, 0.15) is 24.7 Å². The van der Waals surface area contributed by atoms with Crippen LogP contribution in [0.1, 0.15) is 102 Å². The van der Waals surface area contributed by atoms with Crippen LogP contribution < -0.4 is 14.8 Å². The summed E-state index contributed by atoms with van der Waals surface area (Å²) >= 11 is 0. The molecule has 1 unspecified atom stereocenters. The molecule has 1 aliphatic carbocycles. The van der Waals surface area contributed by atoms with Gasteiger partial charge in [0.2, 0.25) is 5.36 Å². The van der Waals surface area contributed by atoms with Gasteiger partial charge >= 0.3 is 5.97 Å². The van der Waals surface area contributed by atoms with E-state index in [1.54, 1.807) is 38.3 Å². The summed E-state index contributed by atoms with van der Waals surface area (Å²) in [6, 6.07) is 11.8. The van der Waals surface area contributed by atoms with Crippen molar-refractivity contribution in [3.63, 3.8) is 0 Å². The van der Waals surface area contributed by atoms with Crippen LogP contribution in [-0.2, 0) is 74.6 Å². The van der Waals surface area contributed by atoms with Crippen LogP contribution in [0.25, 0.3) is 17.4 Å². The van der Waals surface area contributed by atoms with Crippen molar-refractivity contribution in [1.82, 2.24) is 9.64 Å². The Labute approximate surface area is 415 Å². The number of hydrogen-bond donors (Lipinski definition) is 2. The maximum Gasteiger partial charge on any atom is 0.333 e. The van der Waals surface area contributed by atoms with Crippen LogP contribution in [0.4, 0.5) is 5.69 Å². The third-order valence-electron chi connectivity index (χ3n) is 12.1. The number of unbranched alkanes of at least 4 members (excludes halogenated alkanes) is 2. The largest absolute Gasteiger partial charge is 0.748 e. The molecule has 1 atom stereocenters. The van der Waals surface area contributed by atoms with Gasteiger partial charge in [0.15, 0.2) is 6.54 Å². The fraction of sp³-hybridized carbons (Fsp3) is 0.542. The second kappa shape index (κ2) is 24.7. The Kier molecular flexibility index (Phi) is 19.9. The molecule has 0 spiro atoms. The van der Waals surface area contributed by atoms with Crippen LogP contribution in [0.15, 0.2) is 69.6 Å². The zero-order chi connectivity index (χ0) is 52.2. The smallest absolute Gasteiger partial charge is 0.333 e. The summed E-state index contributed by atoms with van der Waals surface area (Å²) < 4.78 is 128. The molecule has 0 radical (unpaired) electrons. The summed E-state index contributed by atoms with van der Waals surface area (Å²) in [5, 5.41) is 1.21. The first-order valence-electron chi connectivity index (χ1n) is 23.4. The van der Waals surface area contributed by atoms with Gasteiger partial charge in [-0.2, -0.15) is 16.8 Å². The minimum atomic E-state index is -4.67. The van der Waals surface area contributed by atoms with E-state index < -0.39 is 65.1 Å². The average molecular weight is 1050 g/mol. The summed E-state index contributed by atoms with van der Waals surface area (Å²) in [4.78, 5) is 42.9. The van der Waals surface area contributed by atoms with Gasteiger partial charge in [-0.25, -0.2) is 17.8 Å². The van der Waals surface area contributed by atoms with E-state index in [0.717, 1.165) is 11.1 Å². The molecule has 392 valence electrons. The molecular formula is C48H65N3O17S3. The molecule has 0 saturated carbocycles. The average Bonchev–Trinajstić information content (AvgIpc) is 3.71. The van der Waals surface area contributed by atoms with E-state index in [9.17, 15) is 53.3 Å². The van der Waals surface area contributed by atoms with Gasteiger partial charge in [-0.15, -0.1) is 5.06 Å². The highest BCUT2D eigenvalue weighted by Gasteiger charge is 2.43. The number of anilines is 1. The monoisotopic (exact) mass is 1050 g/mol. The van der Waals surface area contributed by atoms with E-state index in [4.69, 9.17) is 23.5 Å². The van der Waals surface area contributed by atoms with Crippen molar-refractivity contribution in [3.05, 3.63) is 82.6 Å². The molecule has 1 aromatic carbocycles. The second-order valence-electron chi connectivity index (χ2n) is 18.6. The van der Waals surface area contributed by atoms with Gasteiger partial charge in [-0.05, 0) is 91.6 Å². The van der Waals surface area contributed by atoms with Crippen LogP contribution >= 0.6 is 0 Å². The summed E-state index contributed by atoms with van der Waals surface area (Å²) in [5.74, 6) is -2.03. The predicted octanol–water partition coefficient (Wildman–Crippen LogP) is 4.83. The number of fused-ring (bicyclic) bond motifs is 2. The molecule has 5 rings (SSSR count). The van der Waals surface area contributed by atoms with E-state index >= 15 is 0 Å². The minimum absolute atomic E-state index is 0.0305. The van der Waals surface area contributed by atoms with Crippen molar-refractivity contribution < 1.29 is 76.8 Å². The molecule has 71 heavy (non-hydrogen) atoms. The highest BCUT2D eigenvalue weighted by Crippen LogP contribution is 2.51. The Hall–Kier alpha value is -4.85. The van der Waals surface area contributed by atoms with Gasteiger partial charge in [0, 0.05) is 73.5 Å². The lowest BCUT2D eigenvalue weighted by atomic mass is 9.77. The van der Waals surface area contributed by atoms with Crippen molar-refractivity contribution in [1.29, 1.82) is 0 Å². The summed E-state index contributed by atoms with van der Waals surface area (Å²) in [5.41, 5.74) is 1.99. The number of methoxy groups -OCH3 is 1. The topological polar surface area (TPSA) is 277 Å². The molecule has 3 heterocycles. The zero-order valence-corrected chi connectivity index (χ0v) is 43.2. The van der Waals surface area contributed by atoms with Crippen LogP contribution in [0.3, 0.4) is 0 Å². The molecule has 23 heteroatoms. The quantitative estimate of drug-likeness (QED) is 0.0448. The molecule has 3 aliphatic heterocycles. The number of amides is 2. The van der Waals surface area contributed by atoms with E-state index in [1.807, 2.05) is 33.7 Å². The number of carbonyl (C=O) groups excluding carboxylic acids is 3. The standard InChI is InChI=1S/C48H65N3O17S3/c1-47(2,3)39-33-36(67-42-32-35(15-17-38(39)42)49(22-11-31-70(58,59)60)24-25-65-28-29-66-27-26-64-5)12-9-13-43-48(4,21-10-30-69(55,56)57)40-34-37(71(61,62)63)16-18-41(40)50(43)23-8-6-7-14-46(54)68-51-44(52)19-20-45(51)53/h9,12-13,15-18,32-34H,6-8,10-11,14,19-31H2,1-5H3,(H2-,55,56,57,58,59,60,61,62,63). The number of carbonyl (C=O) groups is 3. The van der Waals surface area contributed by atoms with Crippen molar-refractivity contribution in [2.45, 2.75) is 101 Å². The molecule has 4 aliphatic rings. The maximum atomic E-state index is 12.5. The molecule has 0 bridgehead atoms. The Bertz CT molecular complexity index is 2820. The lowest BCUT2D eigenvalue weighted by Gasteiger charge is -2.31. The molecule has 2 amide bonds. The van der Waals surface area contributed by atoms with E-state index in [-0.39, 0.29) is 55.4 Å².